The van der Waals surface area contributed by atoms with Gasteiger partial charge in [0, 0.05) is 24.8 Å². The Balaban J connectivity index is 1.83. The van der Waals surface area contributed by atoms with Crippen LogP contribution < -0.4 is 0 Å². The van der Waals surface area contributed by atoms with Gasteiger partial charge in [-0.2, -0.15) is 0 Å². The van der Waals surface area contributed by atoms with Gasteiger partial charge >= 0.3 is 12.2 Å². The number of hydrogen-bond acceptors (Lipinski definition) is 6. The van der Waals surface area contributed by atoms with Crippen molar-refractivity contribution >= 4 is 12.2 Å². The summed E-state index contributed by atoms with van der Waals surface area (Å²) >= 11 is 0. The van der Waals surface area contributed by atoms with Gasteiger partial charge in [0.2, 0.25) is 0 Å². The average molecular weight is 246 g/mol. The topological polar surface area (TPSA) is 88.2 Å². The van der Waals surface area contributed by atoms with Crippen LogP contribution in [0.15, 0.2) is 37.4 Å². The number of ether oxygens (including phenoxy) is 2. The molecule has 0 aliphatic carbocycles. The minimum atomic E-state index is -0.751. The molecule has 0 aliphatic rings. The molecule has 2 aromatic rings. The second-order valence-electron chi connectivity index (χ2n) is 2.88. The third-order valence-corrected chi connectivity index (χ3v) is 1.75. The van der Waals surface area contributed by atoms with Crippen LogP contribution in [-0.4, -0.2) is 31.3 Å². The Morgan fingerprint density at radius 2 is 1.33 bits per heavy atom. The van der Waals surface area contributed by atoms with Crippen molar-refractivity contribution in [3.05, 3.63) is 37.4 Å². The highest BCUT2D eigenvalue weighted by Gasteiger charge is 2.04. The highest BCUT2D eigenvalue weighted by Crippen LogP contribution is 1.90. The molecule has 0 spiro atoms. The summed E-state index contributed by atoms with van der Waals surface area (Å²) < 4.78 is 11.1. The maximum atomic E-state index is 11.2. The monoisotopic (exact) mass is 246 g/mol. The van der Waals surface area contributed by atoms with Crippen molar-refractivity contribution in [2.75, 3.05) is 0 Å². The fourth-order valence-electron chi connectivity index (χ4n) is 0.969. The fourth-order valence-corrected chi connectivity index (χ4v) is 0.969. The molecule has 0 N–H and O–H groups in total. The van der Waals surface area contributed by atoms with Gasteiger partial charge in [-0.15, -0.1) is 0 Å². The van der Waals surface area contributed by atoms with Crippen LogP contribution in [0.5, 0.6) is 0 Å². The maximum absolute atomic E-state index is 11.2. The zero-order valence-corrected chi connectivity index (χ0v) is 8.89. The maximum Gasteiger partial charge on any atom is 0.433 e. The van der Waals surface area contributed by atoms with Gasteiger partial charge in [0.15, 0.2) is 12.2 Å². The molecule has 0 unspecified atom stereocenters. The molecule has 0 bridgehead atoms. The molecule has 90 valence electrons. The first-order valence-corrected chi connectivity index (χ1v) is 4.65. The van der Waals surface area contributed by atoms with E-state index >= 15 is 0 Å². The lowest BCUT2D eigenvalue weighted by Gasteiger charge is -1.95. The van der Waals surface area contributed by atoms with E-state index in [-0.39, 0.29) is 0 Å². The highest BCUT2D eigenvalue weighted by atomic mass is 16.6. The Morgan fingerprint density at radius 3 is 1.67 bits per heavy atom. The molecule has 8 heteroatoms. The third-order valence-electron chi connectivity index (χ3n) is 1.75. The molecule has 2 rings (SSSR count). The summed E-state index contributed by atoms with van der Waals surface area (Å²) in [5, 5.41) is 0. The lowest BCUT2D eigenvalue weighted by Crippen LogP contribution is -2.10. The number of carbonyl (C=O) groups is 2. The smallest absolute Gasteiger partial charge is 0.352 e. The van der Waals surface area contributed by atoms with Crippen LogP contribution in [-0.2, 0) is 9.47 Å². The Kier molecular flexibility index (Phi) is 3.36. The molecule has 2 heterocycles. The van der Waals surface area contributed by atoms with Gasteiger partial charge in [0.25, 0.3) is 0 Å². The Morgan fingerprint density at radius 1 is 0.889 bits per heavy atom. The molecule has 2 aromatic heterocycles. The Labute approximate surface area is 101 Å². The first-order valence-electron chi connectivity index (χ1n) is 4.65. The van der Waals surface area contributed by atoms with Gasteiger partial charge in [-0.05, 0) is 0 Å². The summed E-state index contributed by atoms with van der Waals surface area (Å²) in [5.41, 5.74) is 0. The van der Waals surface area contributed by atoms with E-state index in [1.807, 2.05) is 12.2 Å². The molecular formula is C10H6N4O4. The van der Waals surface area contributed by atoms with Crippen molar-refractivity contribution in [1.29, 1.82) is 0 Å². The molecule has 0 radical (unpaired) electrons. The summed E-state index contributed by atoms with van der Waals surface area (Å²) in [6, 6.07) is 0. The standard InChI is InChI=1S/C10H6N4O4/c15-9(13-3-1-11-7-13)17-5-6-18-10(16)14-4-2-12-8-14/h1-4,7-8H. The van der Waals surface area contributed by atoms with Crippen LogP contribution >= 0.6 is 0 Å². The average Bonchev–Trinajstić information content (AvgIpc) is 3.05. The van der Waals surface area contributed by atoms with E-state index in [1.54, 1.807) is 0 Å². The quantitative estimate of drug-likeness (QED) is 0.635. The van der Waals surface area contributed by atoms with Gasteiger partial charge in [0.1, 0.15) is 12.7 Å². The zero-order valence-electron chi connectivity index (χ0n) is 8.89. The summed E-state index contributed by atoms with van der Waals surface area (Å²) in [7, 11) is 0. The highest BCUT2D eigenvalue weighted by molar-refractivity contribution is 5.72. The summed E-state index contributed by atoms with van der Waals surface area (Å²) in [6.45, 7) is 0. The second-order valence-corrected chi connectivity index (χ2v) is 2.88. The largest absolute Gasteiger partial charge is 0.433 e. The normalized spacial score (nSPS) is 9.11. The van der Waals surface area contributed by atoms with Crippen molar-refractivity contribution < 1.29 is 19.1 Å². The van der Waals surface area contributed by atoms with Crippen molar-refractivity contribution in [2.45, 2.75) is 0 Å². The first-order chi connectivity index (χ1) is 8.77. The number of aromatic nitrogens is 4. The molecule has 0 saturated heterocycles. The van der Waals surface area contributed by atoms with Crippen LogP contribution in [0.2, 0.25) is 0 Å². The van der Waals surface area contributed by atoms with Gasteiger partial charge in [-0.3, -0.25) is 0 Å². The van der Waals surface area contributed by atoms with E-state index in [4.69, 9.17) is 0 Å². The molecule has 0 amide bonds. The van der Waals surface area contributed by atoms with Crippen LogP contribution in [0.4, 0.5) is 9.59 Å². The van der Waals surface area contributed by atoms with Gasteiger partial charge in [-0.25, -0.2) is 28.7 Å². The number of nitrogens with zero attached hydrogens (tertiary/aromatic N) is 4. The Bertz CT molecular complexity index is 539. The molecular weight excluding hydrogens is 240 g/mol. The molecule has 0 aromatic carbocycles. The van der Waals surface area contributed by atoms with Gasteiger partial charge in [-0.1, -0.05) is 0 Å². The molecule has 0 saturated carbocycles. The predicted molar refractivity (Wildman–Crippen MR) is 56.0 cm³/mol. The zero-order chi connectivity index (χ0) is 12.8. The first kappa shape index (κ1) is 11.4. The van der Waals surface area contributed by atoms with Crippen LogP contribution in [0.3, 0.4) is 0 Å². The lowest BCUT2D eigenvalue weighted by molar-refractivity contribution is 0.185. The van der Waals surface area contributed by atoms with E-state index < -0.39 is 12.2 Å². The van der Waals surface area contributed by atoms with Crippen molar-refractivity contribution in [2.24, 2.45) is 0 Å². The van der Waals surface area contributed by atoms with Crippen molar-refractivity contribution in [3.63, 3.8) is 0 Å². The van der Waals surface area contributed by atoms with Crippen molar-refractivity contribution in [1.82, 2.24) is 19.1 Å². The Hall–Kier alpha value is -3.08. The van der Waals surface area contributed by atoms with E-state index in [1.165, 1.54) is 37.4 Å². The van der Waals surface area contributed by atoms with Crippen LogP contribution in [0.25, 0.3) is 0 Å². The molecule has 0 aliphatic heterocycles. The van der Waals surface area contributed by atoms with Crippen molar-refractivity contribution in [3.8, 4) is 12.2 Å². The van der Waals surface area contributed by atoms with Gasteiger partial charge < -0.3 is 9.47 Å². The second kappa shape index (κ2) is 5.31. The number of rotatable bonds is 0. The van der Waals surface area contributed by atoms with Crippen LogP contribution in [0, 0.1) is 12.2 Å². The fraction of sp³-hybridized carbons (Fsp3) is 0. The van der Waals surface area contributed by atoms with E-state index in [0.717, 1.165) is 9.13 Å². The third kappa shape index (κ3) is 2.73. The number of carbonyl (C=O) groups excluding carboxylic acids is 2. The summed E-state index contributed by atoms with van der Waals surface area (Å²) in [4.78, 5) is 29.7. The van der Waals surface area contributed by atoms with Crippen LogP contribution in [0.1, 0.15) is 0 Å². The van der Waals surface area contributed by atoms with Gasteiger partial charge in [0.05, 0.1) is 0 Å². The lowest BCUT2D eigenvalue weighted by atomic mass is 10.9. The molecule has 18 heavy (non-hydrogen) atoms. The minimum Gasteiger partial charge on any atom is -0.352 e. The van der Waals surface area contributed by atoms with E-state index in [2.05, 4.69) is 19.4 Å². The molecule has 0 fully saturated rings. The predicted octanol–water partition coefficient (Wildman–Crippen LogP) is 0.668. The van der Waals surface area contributed by atoms with E-state index in [0.29, 0.717) is 0 Å². The number of hydrogen-bond donors (Lipinski definition) is 0. The molecule has 0 atom stereocenters. The van der Waals surface area contributed by atoms with E-state index in [9.17, 15) is 9.59 Å². The summed E-state index contributed by atoms with van der Waals surface area (Å²) in [6.07, 6.45) is 10.5. The number of imidazole rings is 2. The SMILES string of the molecule is O=C(OC#COC(=O)n1ccnc1)n1ccnc1. The minimum absolute atomic E-state index is 0.751. The molecule has 8 nitrogen and oxygen atoms in total. The summed E-state index contributed by atoms with van der Waals surface area (Å²) in [5.74, 6) is 0.